The number of amides is 2. The van der Waals surface area contributed by atoms with E-state index in [0.717, 1.165) is 48.6 Å². The van der Waals surface area contributed by atoms with Crippen LogP contribution in [0.1, 0.15) is 5.56 Å². The first-order valence-corrected chi connectivity index (χ1v) is 10.4. The van der Waals surface area contributed by atoms with Crippen LogP contribution < -0.4 is 15.0 Å². The van der Waals surface area contributed by atoms with E-state index in [1.807, 2.05) is 41.4 Å². The third-order valence-electron chi connectivity index (χ3n) is 5.66. The summed E-state index contributed by atoms with van der Waals surface area (Å²) in [6.07, 6.45) is 2.66. The molecule has 2 aliphatic heterocycles. The molecule has 2 atom stereocenters. The van der Waals surface area contributed by atoms with Crippen LogP contribution in [0.5, 0.6) is 5.75 Å². The molecule has 148 valence electrons. The van der Waals surface area contributed by atoms with Gasteiger partial charge in [-0.3, -0.25) is 0 Å². The second kappa shape index (κ2) is 8.39. The Morgan fingerprint density at radius 2 is 1.86 bits per heavy atom. The van der Waals surface area contributed by atoms with Gasteiger partial charge in [0.2, 0.25) is 0 Å². The largest absolute Gasteiger partial charge is 0.497 e. The molecule has 0 radical (unpaired) electrons. The summed E-state index contributed by atoms with van der Waals surface area (Å²) in [4.78, 5) is 21.3. The summed E-state index contributed by atoms with van der Waals surface area (Å²) < 4.78 is 6.16. The van der Waals surface area contributed by atoms with Crippen molar-refractivity contribution in [3.05, 3.63) is 52.6 Å². The van der Waals surface area contributed by atoms with E-state index in [0.29, 0.717) is 18.4 Å². The van der Waals surface area contributed by atoms with E-state index in [2.05, 4.69) is 37.2 Å². The molecule has 0 aliphatic carbocycles. The number of pyridine rings is 1. The van der Waals surface area contributed by atoms with Crippen molar-refractivity contribution in [1.82, 2.24) is 15.2 Å². The van der Waals surface area contributed by atoms with Crippen molar-refractivity contribution < 1.29 is 9.53 Å². The van der Waals surface area contributed by atoms with E-state index in [4.69, 9.17) is 4.74 Å². The fourth-order valence-electron chi connectivity index (χ4n) is 4.12. The van der Waals surface area contributed by atoms with Crippen molar-refractivity contribution in [1.29, 1.82) is 0 Å². The third-order valence-corrected chi connectivity index (χ3v) is 6.13. The summed E-state index contributed by atoms with van der Waals surface area (Å²) in [5.74, 6) is 2.92. The van der Waals surface area contributed by atoms with Gasteiger partial charge in [-0.25, -0.2) is 9.78 Å². The summed E-state index contributed by atoms with van der Waals surface area (Å²) in [6, 6.07) is 12.1. The zero-order valence-electron chi connectivity index (χ0n) is 16.0. The lowest BCUT2D eigenvalue weighted by Gasteiger charge is -2.22. The zero-order valence-corrected chi connectivity index (χ0v) is 17.6. The smallest absolute Gasteiger partial charge is 0.317 e. The Labute approximate surface area is 174 Å². The minimum Gasteiger partial charge on any atom is -0.497 e. The van der Waals surface area contributed by atoms with Gasteiger partial charge in [-0.15, -0.1) is 0 Å². The SMILES string of the molecule is COc1ccc(CCNC(=O)N2CC3CN(c4ccc(Br)cn4)CC3C2)cc1. The molecule has 28 heavy (non-hydrogen) atoms. The number of aromatic nitrogens is 1. The average molecular weight is 445 g/mol. The lowest BCUT2D eigenvalue weighted by molar-refractivity contribution is 0.206. The number of urea groups is 1. The molecule has 4 rings (SSSR count). The monoisotopic (exact) mass is 444 g/mol. The molecule has 7 heteroatoms. The molecule has 2 unspecified atom stereocenters. The van der Waals surface area contributed by atoms with Crippen LogP contribution in [-0.4, -0.2) is 55.7 Å². The van der Waals surface area contributed by atoms with Gasteiger partial charge in [0.1, 0.15) is 11.6 Å². The first-order chi connectivity index (χ1) is 13.6. The number of rotatable bonds is 5. The van der Waals surface area contributed by atoms with Crippen molar-refractivity contribution >= 4 is 27.8 Å². The van der Waals surface area contributed by atoms with Gasteiger partial charge < -0.3 is 19.9 Å². The highest BCUT2D eigenvalue weighted by atomic mass is 79.9. The Morgan fingerprint density at radius 3 is 2.46 bits per heavy atom. The molecule has 2 aromatic rings. The standard InChI is InChI=1S/C21H25BrN4O2/c1-28-19-5-2-15(3-6-19)8-9-23-21(27)26-13-16-11-25(12-17(16)14-26)20-7-4-18(22)10-24-20/h2-7,10,16-17H,8-9,11-14H2,1H3,(H,23,27). The Balaban J connectivity index is 1.23. The molecule has 2 saturated heterocycles. The third kappa shape index (κ3) is 4.24. The normalized spacial score (nSPS) is 20.9. The van der Waals surface area contributed by atoms with Gasteiger partial charge in [0.25, 0.3) is 0 Å². The van der Waals surface area contributed by atoms with Gasteiger partial charge in [-0.1, -0.05) is 12.1 Å². The number of likely N-dealkylation sites (tertiary alicyclic amines) is 1. The Morgan fingerprint density at radius 1 is 1.14 bits per heavy atom. The number of methoxy groups -OCH3 is 1. The van der Waals surface area contributed by atoms with Crippen molar-refractivity contribution in [2.75, 3.05) is 44.7 Å². The molecule has 6 nitrogen and oxygen atoms in total. The molecular formula is C21H25BrN4O2. The lowest BCUT2D eigenvalue weighted by atomic mass is 10.0. The molecule has 0 spiro atoms. The van der Waals surface area contributed by atoms with Gasteiger partial charge in [0.15, 0.2) is 0 Å². The summed E-state index contributed by atoms with van der Waals surface area (Å²) in [6.45, 7) is 4.23. The van der Waals surface area contributed by atoms with Crippen LogP contribution in [0.2, 0.25) is 0 Å². The number of carbonyl (C=O) groups excluding carboxylic acids is 1. The number of hydrogen-bond acceptors (Lipinski definition) is 4. The summed E-state index contributed by atoms with van der Waals surface area (Å²) in [5, 5.41) is 3.06. The first-order valence-electron chi connectivity index (χ1n) is 9.64. The number of hydrogen-bond donors (Lipinski definition) is 1. The number of benzene rings is 1. The lowest BCUT2D eigenvalue weighted by Crippen LogP contribution is -2.41. The maximum absolute atomic E-state index is 12.5. The highest BCUT2D eigenvalue weighted by molar-refractivity contribution is 9.10. The number of nitrogens with zero attached hydrogens (tertiary/aromatic N) is 3. The van der Waals surface area contributed by atoms with Crippen LogP contribution in [-0.2, 0) is 6.42 Å². The second-order valence-electron chi connectivity index (χ2n) is 7.49. The fraction of sp³-hybridized carbons (Fsp3) is 0.429. The van der Waals surface area contributed by atoms with Crippen LogP contribution in [0.4, 0.5) is 10.6 Å². The number of ether oxygens (including phenoxy) is 1. The minimum absolute atomic E-state index is 0.0521. The molecule has 2 amide bonds. The predicted molar refractivity (Wildman–Crippen MR) is 113 cm³/mol. The van der Waals surface area contributed by atoms with Crippen molar-refractivity contribution in [2.24, 2.45) is 11.8 Å². The van der Waals surface area contributed by atoms with Crippen LogP contribution >= 0.6 is 15.9 Å². The quantitative estimate of drug-likeness (QED) is 0.769. The van der Waals surface area contributed by atoms with E-state index >= 15 is 0 Å². The number of fused-ring (bicyclic) bond motifs is 1. The molecule has 0 saturated carbocycles. The average Bonchev–Trinajstić information content (AvgIpc) is 3.28. The maximum Gasteiger partial charge on any atom is 0.317 e. The second-order valence-corrected chi connectivity index (χ2v) is 8.41. The Hall–Kier alpha value is -2.28. The van der Waals surface area contributed by atoms with E-state index in [1.54, 1.807) is 7.11 Å². The van der Waals surface area contributed by atoms with E-state index in [-0.39, 0.29) is 6.03 Å². The van der Waals surface area contributed by atoms with Crippen LogP contribution in [0.15, 0.2) is 47.1 Å². The van der Waals surface area contributed by atoms with Crippen LogP contribution in [0.25, 0.3) is 0 Å². The molecular weight excluding hydrogens is 420 g/mol. The van der Waals surface area contributed by atoms with Crippen molar-refractivity contribution in [3.8, 4) is 5.75 Å². The minimum atomic E-state index is 0.0521. The van der Waals surface area contributed by atoms with Crippen molar-refractivity contribution in [3.63, 3.8) is 0 Å². The summed E-state index contributed by atoms with van der Waals surface area (Å²) in [7, 11) is 1.66. The molecule has 2 aliphatic rings. The Kier molecular flexibility index (Phi) is 5.71. The van der Waals surface area contributed by atoms with Crippen LogP contribution in [0, 0.1) is 11.8 Å². The fourth-order valence-corrected chi connectivity index (χ4v) is 4.35. The first kappa shape index (κ1) is 19.1. The predicted octanol–water partition coefficient (Wildman–Crippen LogP) is 3.17. The van der Waals surface area contributed by atoms with E-state index < -0.39 is 0 Å². The van der Waals surface area contributed by atoms with E-state index in [1.165, 1.54) is 5.56 Å². The molecule has 1 aromatic carbocycles. The highest BCUT2D eigenvalue weighted by Gasteiger charge is 2.41. The van der Waals surface area contributed by atoms with Gasteiger partial charge >= 0.3 is 6.03 Å². The molecule has 1 N–H and O–H groups in total. The molecule has 1 aromatic heterocycles. The van der Waals surface area contributed by atoms with Crippen molar-refractivity contribution in [2.45, 2.75) is 6.42 Å². The number of halogens is 1. The van der Waals surface area contributed by atoms with E-state index in [9.17, 15) is 4.79 Å². The molecule has 0 bridgehead atoms. The number of carbonyl (C=O) groups is 1. The number of nitrogens with one attached hydrogen (secondary N) is 1. The van der Waals surface area contributed by atoms with Gasteiger partial charge in [-0.05, 0) is 52.2 Å². The van der Waals surface area contributed by atoms with Gasteiger partial charge in [-0.2, -0.15) is 0 Å². The summed E-state index contributed by atoms with van der Waals surface area (Å²) >= 11 is 3.43. The molecule has 2 fully saturated rings. The molecule has 3 heterocycles. The highest BCUT2D eigenvalue weighted by Crippen LogP contribution is 2.33. The van der Waals surface area contributed by atoms with Gasteiger partial charge in [0, 0.05) is 55.2 Å². The topological polar surface area (TPSA) is 57.7 Å². The van der Waals surface area contributed by atoms with Gasteiger partial charge in [0.05, 0.1) is 7.11 Å². The number of anilines is 1. The summed E-state index contributed by atoms with van der Waals surface area (Å²) in [5.41, 5.74) is 1.19. The maximum atomic E-state index is 12.5. The Bertz CT molecular complexity index is 798. The van der Waals surface area contributed by atoms with Crippen LogP contribution in [0.3, 0.4) is 0 Å². The zero-order chi connectivity index (χ0) is 19.5.